The summed E-state index contributed by atoms with van der Waals surface area (Å²) < 4.78 is 57.7. The topological polar surface area (TPSA) is 68.2 Å². The number of rotatable bonds is 5. The number of aryl methyl sites for hydroxylation is 1. The molecule has 3 heterocycles. The lowest BCUT2D eigenvalue weighted by Crippen LogP contribution is -2.37. The summed E-state index contributed by atoms with van der Waals surface area (Å²) in [5, 5.41) is 21.7. The zero-order chi connectivity index (χ0) is 25.1. The molecule has 9 heteroatoms. The Morgan fingerprint density at radius 3 is 2.43 bits per heavy atom. The van der Waals surface area contributed by atoms with Crippen LogP contribution in [-0.2, 0) is 20.6 Å². The monoisotopic (exact) mass is 506 g/mol. The summed E-state index contributed by atoms with van der Waals surface area (Å²) in [7, 11) is 0. The van der Waals surface area contributed by atoms with Crippen LogP contribution in [-0.4, -0.2) is 40.6 Å². The lowest BCUT2D eigenvalue weighted by atomic mass is 9.94. The minimum Gasteiger partial charge on any atom is -0.387 e. The predicted molar refractivity (Wildman–Crippen MR) is 123 cm³/mol. The van der Waals surface area contributed by atoms with Gasteiger partial charge in [-0.3, -0.25) is 0 Å². The zero-order valence-corrected chi connectivity index (χ0v) is 20.1. The van der Waals surface area contributed by atoms with Gasteiger partial charge in [0.15, 0.2) is 29.5 Å². The first kappa shape index (κ1) is 24.4. The second-order valence-corrected chi connectivity index (χ2v) is 10.6. The number of halogens is 3. The number of aliphatic hydroxyl groups is 2. The highest BCUT2D eigenvalue weighted by Gasteiger charge is 2.56. The van der Waals surface area contributed by atoms with Crippen molar-refractivity contribution < 1.29 is 37.6 Å². The van der Waals surface area contributed by atoms with Crippen molar-refractivity contribution in [3.05, 3.63) is 81.5 Å². The number of thiophene rings is 1. The fourth-order valence-electron chi connectivity index (χ4n) is 4.55. The minimum atomic E-state index is -1.49. The van der Waals surface area contributed by atoms with E-state index in [9.17, 15) is 23.4 Å². The molecule has 1 unspecified atom stereocenters. The Labute approximate surface area is 204 Å². The molecule has 5 nitrogen and oxygen atoms in total. The molecule has 186 valence electrons. The van der Waals surface area contributed by atoms with Crippen molar-refractivity contribution >= 4 is 11.3 Å². The molecule has 35 heavy (non-hydrogen) atoms. The van der Waals surface area contributed by atoms with Gasteiger partial charge in [0, 0.05) is 16.2 Å². The van der Waals surface area contributed by atoms with Crippen LogP contribution < -0.4 is 0 Å². The molecule has 0 spiro atoms. The third kappa shape index (κ3) is 4.64. The van der Waals surface area contributed by atoms with E-state index < -0.39 is 53.9 Å². The zero-order valence-electron chi connectivity index (χ0n) is 19.3. The largest absolute Gasteiger partial charge is 0.387 e. The van der Waals surface area contributed by atoms with E-state index in [1.165, 1.54) is 11.3 Å². The number of aliphatic hydroxyl groups excluding tert-OH is 2. The molecule has 0 aliphatic carbocycles. The van der Waals surface area contributed by atoms with Gasteiger partial charge >= 0.3 is 0 Å². The van der Waals surface area contributed by atoms with Gasteiger partial charge in [0.1, 0.15) is 24.4 Å². The molecule has 2 aliphatic heterocycles. The van der Waals surface area contributed by atoms with Crippen LogP contribution in [0.3, 0.4) is 0 Å². The van der Waals surface area contributed by atoms with Crippen molar-refractivity contribution in [2.75, 3.05) is 0 Å². The summed E-state index contributed by atoms with van der Waals surface area (Å²) in [6.45, 7) is 5.41. The number of benzene rings is 2. The van der Waals surface area contributed by atoms with Crippen molar-refractivity contribution in [3.63, 3.8) is 0 Å². The first-order chi connectivity index (χ1) is 16.5. The van der Waals surface area contributed by atoms with E-state index in [1.807, 2.05) is 25.1 Å². The number of hydrogen-bond acceptors (Lipinski definition) is 6. The van der Waals surface area contributed by atoms with Gasteiger partial charge in [-0.25, -0.2) is 13.2 Å². The molecule has 0 saturated carbocycles. The van der Waals surface area contributed by atoms with Gasteiger partial charge in [-0.2, -0.15) is 0 Å². The van der Waals surface area contributed by atoms with Crippen molar-refractivity contribution in [2.24, 2.45) is 0 Å². The molecule has 1 aromatic heterocycles. The molecule has 2 aliphatic rings. The fraction of sp³-hybridized carbons (Fsp3) is 0.385. The Balaban J connectivity index is 1.34. The molecule has 2 fully saturated rings. The van der Waals surface area contributed by atoms with Crippen molar-refractivity contribution in [3.8, 4) is 10.4 Å². The summed E-state index contributed by atoms with van der Waals surface area (Å²) in [5.74, 6) is -4.81. The van der Waals surface area contributed by atoms with Crippen LogP contribution in [0.1, 0.15) is 41.5 Å². The van der Waals surface area contributed by atoms with E-state index in [-0.39, 0.29) is 5.56 Å². The third-order valence-electron chi connectivity index (χ3n) is 6.37. The quantitative estimate of drug-likeness (QED) is 0.477. The van der Waals surface area contributed by atoms with Gasteiger partial charge < -0.3 is 24.4 Å². The summed E-state index contributed by atoms with van der Waals surface area (Å²) in [5.41, 5.74) is 2.78. The highest BCUT2D eigenvalue weighted by atomic mass is 32.1. The lowest BCUT2D eigenvalue weighted by molar-refractivity contribution is -0.226. The molecule has 2 aromatic carbocycles. The fourth-order valence-corrected chi connectivity index (χ4v) is 5.56. The normalized spacial score (nSPS) is 26.2. The van der Waals surface area contributed by atoms with Crippen molar-refractivity contribution in [1.29, 1.82) is 0 Å². The summed E-state index contributed by atoms with van der Waals surface area (Å²) in [6, 6.07) is 11.1. The summed E-state index contributed by atoms with van der Waals surface area (Å²) in [4.78, 5) is 1.54. The highest BCUT2D eigenvalue weighted by molar-refractivity contribution is 7.15. The smallest absolute Gasteiger partial charge is 0.194 e. The maximum absolute atomic E-state index is 13.6. The summed E-state index contributed by atoms with van der Waals surface area (Å²) >= 11 is 1.35. The van der Waals surface area contributed by atoms with Crippen LogP contribution >= 0.6 is 11.3 Å². The number of hydrogen-bond donors (Lipinski definition) is 2. The van der Waals surface area contributed by atoms with Gasteiger partial charge in [-0.15, -0.1) is 11.3 Å². The molecule has 0 amide bonds. The van der Waals surface area contributed by atoms with Gasteiger partial charge in [0.05, 0.1) is 0 Å². The maximum Gasteiger partial charge on any atom is 0.194 e. The Bertz CT molecular complexity index is 1240. The first-order valence-corrected chi connectivity index (χ1v) is 12.0. The molecule has 0 radical (unpaired) electrons. The predicted octanol–water partition coefficient (Wildman–Crippen LogP) is 5.00. The van der Waals surface area contributed by atoms with Crippen LogP contribution in [0.25, 0.3) is 10.4 Å². The Hall–Kier alpha value is -2.27. The van der Waals surface area contributed by atoms with Crippen LogP contribution in [0.4, 0.5) is 13.2 Å². The van der Waals surface area contributed by atoms with Gasteiger partial charge in [0.2, 0.25) is 0 Å². The van der Waals surface area contributed by atoms with E-state index in [1.54, 1.807) is 26.0 Å². The molecular formula is C26H25F3O5S. The number of ether oxygens (including phenoxy) is 3. The second kappa shape index (κ2) is 8.99. The van der Waals surface area contributed by atoms with Crippen LogP contribution in [0, 0.1) is 24.4 Å². The molecule has 2 N–H and O–H groups in total. The Kier molecular flexibility index (Phi) is 6.27. The van der Waals surface area contributed by atoms with Crippen molar-refractivity contribution in [2.45, 2.75) is 63.7 Å². The Morgan fingerprint density at radius 1 is 1.03 bits per heavy atom. The SMILES string of the molecule is Cc1ccc(C(O)[C@@H]2O[C@H]3OC(C)(C)O[C@H]3[C@@H]2O)cc1Cc1ccc(-c2cc(F)c(F)c(F)c2)s1. The molecule has 3 aromatic rings. The van der Waals surface area contributed by atoms with E-state index in [0.717, 1.165) is 28.1 Å². The van der Waals surface area contributed by atoms with Crippen LogP contribution in [0.2, 0.25) is 0 Å². The molecule has 5 atom stereocenters. The molecule has 5 rings (SSSR count). The number of fused-ring (bicyclic) bond motifs is 1. The molecular weight excluding hydrogens is 481 g/mol. The lowest BCUT2D eigenvalue weighted by Gasteiger charge is -2.26. The average Bonchev–Trinajstić information content (AvgIpc) is 3.46. The second-order valence-electron chi connectivity index (χ2n) is 9.39. The van der Waals surface area contributed by atoms with E-state index in [2.05, 4.69) is 0 Å². The summed E-state index contributed by atoms with van der Waals surface area (Å²) in [6.07, 6.45) is -3.99. The van der Waals surface area contributed by atoms with Crippen LogP contribution in [0.5, 0.6) is 0 Å². The first-order valence-electron chi connectivity index (χ1n) is 11.2. The molecule has 2 saturated heterocycles. The van der Waals surface area contributed by atoms with Gasteiger partial charge in [0.25, 0.3) is 0 Å². The average molecular weight is 507 g/mol. The van der Waals surface area contributed by atoms with Gasteiger partial charge in [-0.05, 0) is 67.3 Å². The molecule has 0 bridgehead atoms. The van der Waals surface area contributed by atoms with Crippen LogP contribution in [0.15, 0.2) is 42.5 Å². The van der Waals surface area contributed by atoms with Crippen molar-refractivity contribution in [1.82, 2.24) is 0 Å². The van der Waals surface area contributed by atoms with E-state index in [4.69, 9.17) is 14.2 Å². The maximum atomic E-state index is 13.6. The van der Waals surface area contributed by atoms with Gasteiger partial charge in [-0.1, -0.05) is 18.2 Å². The third-order valence-corrected chi connectivity index (χ3v) is 7.51. The highest BCUT2D eigenvalue weighted by Crippen LogP contribution is 2.41. The minimum absolute atomic E-state index is 0.268. The standard InChI is InChI=1S/C26H25F3O5S/c1-12-4-5-13(21(30)23-22(31)24-25(32-23)34-26(2,3)33-24)8-14(12)9-16-6-7-19(35-16)15-10-17(27)20(29)18(28)11-15/h4-8,10-11,21-25,30-31H,9H2,1-3H3/t21?,22-,23+,24+,25+/m1/s1. The van der Waals surface area contributed by atoms with E-state index >= 15 is 0 Å². The van der Waals surface area contributed by atoms with E-state index in [0.29, 0.717) is 16.9 Å². The Morgan fingerprint density at radius 2 is 1.74 bits per heavy atom.